The van der Waals surface area contributed by atoms with Crippen molar-refractivity contribution in [2.24, 2.45) is 5.84 Å². The Morgan fingerprint density at radius 2 is 1.75 bits per heavy atom. The van der Waals surface area contributed by atoms with E-state index in [4.69, 9.17) is 10.6 Å². The number of rotatable bonds is 4. The Balaban J connectivity index is 2.44. The van der Waals surface area contributed by atoms with Crippen LogP contribution in [0, 0.1) is 11.6 Å². The average molecular weight is 343 g/mol. The largest absolute Gasteiger partial charge is 0.496 e. The van der Waals surface area contributed by atoms with E-state index in [1.54, 1.807) is 25.3 Å². The van der Waals surface area contributed by atoms with Crippen LogP contribution in [0.15, 0.2) is 40.9 Å². The van der Waals surface area contributed by atoms with Crippen LogP contribution >= 0.6 is 15.9 Å². The molecule has 0 saturated heterocycles. The van der Waals surface area contributed by atoms with Gasteiger partial charge in [-0.05, 0) is 51.3 Å². The Kier molecular flexibility index (Phi) is 4.69. The standard InChI is InChI=1S/C14H13BrF2N2O/c1-20-13-3-2-8(6-12(13)15)14(19-18)9-4-10(16)7-11(17)5-9/h2-7,14,19H,18H2,1H3. The molecule has 2 rings (SSSR count). The highest BCUT2D eigenvalue weighted by Gasteiger charge is 2.16. The van der Waals surface area contributed by atoms with Gasteiger partial charge in [-0.3, -0.25) is 5.84 Å². The number of methoxy groups -OCH3 is 1. The molecule has 0 aliphatic heterocycles. The van der Waals surface area contributed by atoms with Crippen LogP contribution in [0.25, 0.3) is 0 Å². The zero-order valence-corrected chi connectivity index (χ0v) is 12.2. The first kappa shape index (κ1) is 14.9. The molecule has 0 bridgehead atoms. The number of ether oxygens (including phenoxy) is 1. The summed E-state index contributed by atoms with van der Waals surface area (Å²) in [7, 11) is 1.56. The summed E-state index contributed by atoms with van der Waals surface area (Å²) in [6.07, 6.45) is 0. The van der Waals surface area contributed by atoms with Gasteiger partial charge in [-0.25, -0.2) is 14.2 Å². The van der Waals surface area contributed by atoms with Crippen LogP contribution in [0.2, 0.25) is 0 Å². The minimum atomic E-state index is -0.646. The normalized spacial score (nSPS) is 12.2. The van der Waals surface area contributed by atoms with Crippen LogP contribution < -0.4 is 16.0 Å². The van der Waals surface area contributed by atoms with E-state index in [1.165, 1.54) is 12.1 Å². The number of nitrogens with one attached hydrogen (secondary N) is 1. The van der Waals surface area contributed by atoms with Crippen LogP contribution in [0.1, 0.15) is 17.2 Å². The number of benzene rings is 2. The summed E-state index contributed by atoms with van der Waals surface area (Å²) in [4.78, 5) is 0. The van der Waals surface area contributed by atoms with Crippen molar-refractivity contribution in [1.82, 2.24) is 5.43 Å². The molecule has 20 heavy (non-hydrogen) atoms. The number of hydrazine groups is 1. The lowest BCUT2D eigenvalue weighted by Crippen LogP contribution is -2.29. The molecule has 3 N–H and O–H groups in total. The van der Waals surface area contributed by atoms with Crippen LogP contribution in [0.4, 0.5) is 8.78 Å². The third-order valence-corrected chi connectivity index (χ3v) is 3.51. The highest BCUT2D eigenvalue weighted by Crippen LogP contribution is 2.30. The fraction of sp³-hybridized carbons (Fsp3) is 0.143. The van der Waals surface area contributed by atoms with Crippen molar-refractivity contribution in [2.45, 2.75) is 6.04 Å². The van der Waals surface area contributed by atoms with E-state index in [0.29, 0.717) is 11.3 Å². The molecular formula is C14H13BrF2N2O. The number of nitrogens with two attached hydrogens (primary N) is 1. The van der Waals surface area contributed by atoms with Gasteiger partial charge in [0.05, 0.1) is 17.6 Å². The predicted molar refractivity (Wildman–Crippen MR) is 76.2 cm³/mol. The summed E-state index contributed by atoms with van der Waals surface area (Å²) in [5.74, 6) is 4.89. The lowest BCUT2D eigenvalue weighted by molar-refractivity contribution is 0.411. The van der Waals surface area contributed by atoms with E-state index in [9.17, 15) is 8.78 Å². The highest BCUT2D eigenvalue weighted by molar-refractivity contribution is 9.10. The average Bonchev–Trinajstić information content (AvgIpc) is 2.38. The summed E-state index contributed by atoms with van der Waals surface area (Å²) in [5.41, 5.74) is 3.72. The molecule has 0 amide bonds. The predicted octanol–water partition coefficient (Wildman–Crippen LogP) is 3.29. The molecule has 1 unspecified atom stereocenters. The van der Waals surface area contributed by atoms with Crippen molar-refractivity contribution in [3.63, 3.8) is 0 Å². The van der Waals surface area contributed by atoms with Gasteiger partial charge >= 0.3 is 0 Å². The quantitative estimate of drug-likeness (QED) is 0.662. The molecule has 0 aliphatic rings. The third-order valence-electron chi connectivity index (χ3n) is 2.89. The smallest absolute Gasteiger partial charge is 0.133 e. The van der Waals surface area contributed by atoms with Crippen molar-refractivity contribution in [2.75, 3.05) is 7.11 Å². The Hall–Kier alpha value is -1.50. The Morgan fingerprint density at radius 1 is 1.10 bits per heavy atom. The minimum absolute atomic E-state index is 0.405. The van der Waals surface area contributed by atoms with E-state index >= 15 is 0 Å². The maximum Gasteiger partial charge on any atom is 0.133 e. The number of hydrogen-bond acceptors (Lipinski definition) is 3. The topological polar surface area (TPSA) is 47.3 Å². The van der Waals surface area contributed by atoms with E-state index in [-0.39, 0.29) is 0 Å². The van der Waals surface area contributed by atoms with Crippen LogP contribution in [0.3, 0.4) is 0 Å². The summed E-state index contributed by atoms with van der Waals surface area (Å²) >= 11 is 3.36. The first-order chi connectivity index (χ1) is 9.55. The summed E-state index contributed by atoms with van der Waals surface area (Å²) < 4.78 is 32.5. The first-order valence-electron chi connectivity index (χ1n) is 5.80. The van der Waals surface area contributed by atoms with Crippen molar-refractivity contribution >= 4 is 15.9 Å². The van der Waals surface area contributed by atoms with Gasteiger partial charge in [-0.1, -0.05) is 6.07 Å². The molecule has 0 aromatic heterocycles. The lowest BCUT2D eigenvalue weighted by Gasteiger charge is -2.18. The van der Waals surface area contributed by atoms with Gasteiger partial charge in [0, 0.05) is 6.07 Å². The summed E-state index contributed by atoms with van der Waals surface area (Å²) in [5, 5.41) is 0. The van der Waals surface area contributed by atoms with E-state index in [2.05, 4.69) is 21.4 Å². The first-order valence-corrected chi connectivity index (χ1v) is 6.60. The zero-order chi connectivity index (χ0) is 14.7. The zero-order valence-electron chi connectivity index (χ0n) is 10.7. The van der Waals surface area contributed by atoms with Crippen molar-refractivity contribution in [3.05, 3.63) is 63.6 Å². The van der Waals surface area contributed by atoms with E-state index < -0.39 is 17.7 Å². The Morgan fingerprint density at radius 3 is 2.25 bits per heavy atom. The van der Waals surface area contributed by atoms with Crippen LogP contribution in [0.5, 0.6) is 5.75 Å². The molecule has 0 aliphatic carbocycles. The maximum atomic E-state index is 13.3. The Bertz CT molecular complexity index is 602. The van der Waals surface area contributed by atoms with Crippen molar-refractivity contribution < 1.29 is 13.5 Å². The van der Waals surface area contributed by atoms with Gasteiger partial charge in [0.2, 0.25) is 0 Å². The molecule has 0 heterocycles. The Labute approximate surface area is 123 Å². The maximum absolute atomic E-state index is 13.3. The fourth-order valence-electron chi connectivity index (χ4n) is 1.99. The van der Waals surface area contributed by atoms with Crippen LogP contribution in [-0.2, 0) is 0 Å². The summed E-state index contributed by atoms with van der Waals surface area (Å²) in [6.45, 7) is 0. The van der Waals surface area contributed by atoms with E-state index in [1.807, 2.05) is 0 Å². The van der Waals surface area contributed by atoms with Gasteiger partial charge in [-0.15, -0.1) is 0 Å². The molecule has 0 spiro atoms. The summed E-state index contributed by atoms with van der Waals surface area (Å²) in [6, 6.07) is 8.09. The minimum Gasteiger partial charge on any atom is -0.496 e. The van der Waals surface area contributed by atoms with E-state index in [0.717, 1.165) is 16.1 Å². The second-order valence-electron chi connectivity index (χ2n) is 4.20. The van der Waals surface area contributed by atoms with Crippen LogP contribution in [-0.4, -0.2) is 7.11 Å². The molecule has 106 valence electrons. The molecule has 6 heteroatoms. The van der Waals surface area contributed by atoms with Gasteiger partial charge in [-0.2, -0.15) is 0 Å². The molecule has 1 atom stereocenters. The highest BCUT2D eigenvalue weighted by atomic mass is 79.9. The molecule has 3 nitrogen and oxygen atoms in total. The van der Waals surface area contributed by atoms with Gasteiger partial charge in [0.1, 0.15) is 17.4 Å². The van der Waals surface area contributed by atoms with Crippen molar-refractivity contribution in [1.29, 1.82) is 0 Å². The second kappa shape index (κ2) is 6.30. The molecule has 2 aromatic carbocycles. The molecule has 0 fully saturated rings. The van der Waals surface area contributed by atoms with Gasteiger partial charge < -0.3 is 4.74 Å². The molecule has 2 aromatic rings. The monoisotopic (exact) mass is 342 g/mol. The fourth-order valence-corrected chi connectivity index (χ4v) is 2.55. The number of halogens is 3. The third kappa shape index (κ3) is 3.15. The molecule has 0 saturated carbocycles. The molecular weight excluding hydrogens is 330 g/mol. The van der Waals surface area contributed by atoms with Gasteiger partial charge in [0.15, 0.2) is 0 Å². The SMILES string of the molecule is COc1ccc(C(NN)c2cc(F)cc(F)c2)cc1Br. The lowest BCUT2D eigenvalue weighted by atomic mass is 9.99. The molecule has 0 radical (unpaired) electrons. The van der Waals surface area contributed by atoms with Crippen molar-refractivity contribution in [3.8, 4) is 5.75 Å². The van der Waals surface area contributed by atoms with Gasteiger partial charge in [0.25, 0.3) is 0 Å². The second-order valence-corrected chi connectivity index (χ2v) is 5.05. The number of hydrogen-bond donors (Lipinski definition) is 2.